The molecule has 1 aliphatic heterocycles. The fourth-order valence-electron chi connectivity index (χ4n) is 5.89. The van der Waals surface area contributed by atoms with E-state index in [1.54, 1.807) is 32.0 Å². The number of aryl methyl sites for hydroxylation is 1. The molecule has 246 valence electrons. The van der Waals surface area contributed by atoms with E-state index in [-0.39, 0.29) is 24.3 Å². The second kappa shape index (κ2) is 13.1. The number of benzene rings is 3. The fraction of sp³-hybridized carbons (Fsp3) is 0.382. The molecule has 1 amide bonds. The van der Waals surface area contributed by atoms with E-state index in [9.17, 15) is 31.5 Å². The van der Waals surface area contributed by atoms with Crippen LogP contribution < -0.4 is 14.9 Å². The van der Waals surface area contributed by atoms with E-state index < -0.39 is 45.4 Å². The number of hydrogen-bond acceptors (Lipinski definition) is 5. The highest BCUT2D eigenvalue weighted by molar-refractivity contribution is 7.93. The first-order chi connectivity index (χ1) is 21.7. The van der Waals surface area contributed by atoms with E-state index in [0.717, 1.165) is 28.6 Å². The molecule has 1 saturated heterocycles. The molecular weight excluding hydrogens is 617 g/mol. The lowest BCUT2D eigenvalue weighted by atomic mass is 9.92. The molecule has 0 bridgehead atoms. The maximum atomic E-state index is 13.9. The quantitative estimate of drug-likeness (QED) is 0.199. The molecule has 2 atom stereocenters. The van der Waals surface area contributed by atoms with Crippen LogP contribution >= 0.6 is 0 Å². The van der Waals surface area contributed by atoms with Gasteiger partial charge in [0, 0.05) is 42.3 Å². The van der Waals surface area contributed by atoms with Crippen LogP contribution in [-0.2, 0) is 34.7 Å². The molecule has 1 aliphatic rings. The normalized spacial score (nSPS) is 16.5. The summed E-state index contributed by atoms with van der Waals surface area (Å²) in [7, 11) is -3.52. The fourth-order valence-corrected chi connectivity index (χ4v) is 7.46. The van der Waals surface area contributed by atoms with E-state index in [1.165, 1.54) is 10.4 Å². The van der Waals surface area contributed by atoms with Gasteiger partial charge < -0.3 is 20.3 Å². The lowest BCUT2D eigenvalue weighted by Gasteiger charge is -2.32. The lowest BCUT2D eigenvalue weighted by molar-refractivity contribution is -0.137. The molecule has 4 aromatic rings. The first-order valence-electron chi connectivity index (χ1n) is 15.3. The number of aromatic nitrogens is 1. The van der Waals surface area contributed by atoms with Gasteiger partial charge in [-0.15, -0.1) is 0 Å². The summed E-state index contributed by atoms with van der Waals surface area (Å²) in [5, 5.41) is 18.3. The van der Waals surface area contributed by atoms with Crippen molar-refractivity contribution in [2.75, 3.05) is 23.1 Å². The maximum absolute atomic E-state index is 13.9. The first-order valence-corrected chi connectivity index (χ1v) is 16.9. The van der Waals surface area contributed by atoms with Crippen molar-refractivity contribution in [3.8, 4) is 0 Å². The van der Waals surface area contributed by atoms with Gasteiger partial charge in [0.15, 0.2) is 0 Å². The summed E-state index contributed by atoms with van der Waals surface area (Å²) in [6.07, 6.45) is -2.99. The highest BCUT2D eigenvalue weighted by Gasteiger charge is 2.34. The molecule has 2 heterocycles. The predicted octanol–water partition coefficient (Wildman–Crippen LogP) is 5.45. The molecule has 0 saturated carbocycles. The minimum absolute atomic E-state index is 0.0317. The number of aliphatic hydroxyl groups is 1. The summed E-state index contributed by atoms with van der Waals surface area (Å²) in [6.45, 7) is 6.32. The van der Waals surface area contributed by atoms with Crippen molar-refractivity contribution < 1.29 is 31.5 Å². The number of sulfonamides is 1. The molecule has 3 aromatic carbocycles. The molecule has 0 spiro atoms. The van der Waals surface area contributed by atoms with Crippen molar-refractivity contribution >= 4 is 32.5 Å². The zero-order valence-electron chi connectivity index (χ0n) is 26.0. The lowest BCUT2D eigenvalue weighted by Crippen LogP contribution is -2.51. The number of nitrogens with one attached hydrogen (secondary N) is 2. The molecule has 46 heavy (non-hydrogen) atoms. The Morgan fingerprint density at radius 1 is 1.00 bits per heavy atom. The van der Waals surface area contributed by atoms with Crippen LogP contribution in [0.2, 0.25) is 0 Å². The van der Waals surface area contributed by atoms with Crippen molar-refractivity contribution in [2.45, 2.75) is 64.0 Å². The Balaban J connectivity index is 1.42. The third-order valence-electron chi connectivity index (χ3n) is 8.58. The predicted molar refractivity (Wildman–Crippen MR) is 173 cm³/mol. The number of hydrogen-bond donors (Lipinski definition) is 3. The van der Waals surface area contributed by atoms with Gasteiger partial charge in [-0.05, 0) is 75.1 Å². The smallest absolute Gasteiger partial charge is 0.390 e. The second-order valence-corrected chi connectivity index (χ2v) is 14.2. The van der Waals surface area contributed by atoms with Crippen molar-refractivity contribution in [2.24, 2.45) is 0 Å². The summed E-state index contributed by atoms with van der Waals surface area (Å²) in [4.78, 5) is 13.9. The number of anilines is 1. The van der Waals surface area contributed by atoms with Crippen LogP contribution in [0.1, 0.15) is 54.2 Å². The number of carbonyl (C=O) groups excluding carboxylic acids is 1. The Morgan fingerprint density at radius 2 is 1.72 bits per heavy atom. The highest BCUT2D eigenvalue weighted by Crippen LogP contribution is 2.35. The average molecular weight is 657 g/mol. The van der Waals surface area contributed by atoms with Gasteiger partial charge in [0.25, 0.3) is 5.91 Å². The average Bonchev–Trinajstić information content (AvgIpc) is 3.61. The van der Waals surface area contributed by atoms with Crippen LogP contribution in [0.25, 0.3) is 10.9 Å². The number of alkyl halides is 3. The summed E-state index contributed by atoms with van der Waals surface area (Å²) in [6, 6.07) is 18.7. The Labute approximate surface area is 267 Å². The van der Waals surface area contributed by atoms with Gasteiger partial charge in [-0.25, -0.2) is 8.42 Å². The van der Waals surface area contributed by atoms with Gasteiger partial charge in [-0.1, -0.05) is 42.5 Å². The van der Waals surface area contributed by atoms with Gasteiger partial charge in [-0.2, -0.15) is 13.2 Å². The van der Waals surface area contributed by atoms with E-state index >= 15 is 0 Å². The summed E-state index contributed by atoms with van der Waals surface area (Å²) in [5.74, 6) is -0.449. The summed E-state index contributed by atoms with van der Waals surface area (Å²) in [5.41, 5.74) is 0.977. The van der Waals surface area contributed by atoms with E-state index in [1.807, 2.05) is 54.1 Å². The van der Waals surface area contributed by atoms with E-state index in [4.69, 9.17) is 0 Å². The molecule has 0 radical (unpaired) electrons. The molecule has 1 aromatic heterocycles. The number of nitrogens with zero attached hydrogens (tertiary/aromatic N) is 2. The summed E-state index contributed by atoms with van der Waals surface area (Å²) < 4.78 is 69.2. The summed E-state index contributed by atoms with van der Waals surface area (Å²) >= 11 is 0. The molecule has 5 rings (SSSR count). The highest BCUT2D eigenvalue weighted by atomic mass is 32.2. The standard InChI is InChI=1S/C34H39F3N4O4S/c1-4-40-16-14-27-29(40)19-24(20-30(27)41-15-9-17-46(41,44)45)32(43)39-28(18-23-10-6-5-7-11-23)31(42)22-38-33(2,3)25-12-8-13-26(21-25)34(35,36)37/h5-8,10-14,16,19-21,28,31,38,42H,4,9,15,17-18,22H2,1-3H3,(H,39,43)/t28-,31+/m0/s1. The van der Waals surface area contributed by atoms with Gasteiger partial charge >= 0.3 is 6.18 Å². The Hall–Kier alpha value is -3.87. The Bertz CT molecular complexity index is 1810. The topological polar surface area (TPSA) is 104 Å². The van der Waals surface area contributed by atoms with Crippen LogP contribution in [0.15, 0.2) is 79.0 Å². The number of amides is 1. The van der Waals surface area contributed by atoms with E-state index in [0.29, 0.717) is 30.8 Å². The first kappa shape index (κ1) is 33.5. The van der Waals surface area contributed by atoms with Crippen molar-refractivity contribution in [3.63, 3.8) is 0 Å². The van der Waals surface area contributed by atoms with Crippen molar-refractivity contribution in [1.82, 2.24) is 15.2 Å². The van der Waals surface area contributed by atoms with E-state index in [2.05, 4.69) is 10.6 Å². The number of carbonyl (C=O) groups is 1. The van der Waals surface area contributed by atoms with Gasteiger partial charge in [-0.3, -0.25) is 9.10 Å². The van der Waals surface area contributed by atoms with Gasteiger partial charge in [0.1, 0.15) is 0 Å². The van der Waals surface area contributed by atoms with Crippen LogP contribution in [0.5, 0.6) is 0 Å². The van der Waals surface area contributed by atoms with Crippen LogP contribution in [0.4, 0.5) is 18.9 Å². The third-order valence-corrected chi connectivity index (χ3v) is 10.4. The molecule has 8 nitrogen and oxygen atoms in total. The number of fused-ring (bicyclic) bond motifs is 1. The minimum atomic E-state index is -4.49. The van der Waals surface area contributed by atoms with Crippen molar-refractivity contribution in [1.29, 1.82) is 0 Å². The zero-order valence-corrected chi connectivity index (χ0v) is 26.8. The zero-order chi connectivity index (χ0) is 33.3. The van der Waals surface area contributed by atoms with Crippen molar-refractivity contribution in [3.05, 3.63) is 101 Å². The van der Waals surface area contributed by atoms with Crippen LogP contribution in [0.3, 0.4) is 0 Å². The number of rotatable bonds is 11. The van der Waals surface area contributed by atoms with Crippen LogP contribution in [-0.4, -0.2) is 55.0 Å². The minimum Gasteiger partial charge on any atom is -0.390 e. The molecule has 12 heteroatoms. The SMILES string of the molecule is CCn1ccc2c(N3CCCS3(=O)=O)cc(C(=O)N[C@@H](Cc3ccccc3)[C@H](O)CNC(C)(C)c3cccc(C(F)(F)F)c3)cc21. The maximum Gasteiger partial charge on any atom is 0.416 e. The molecule has 0 unspecified atom stereocenters. The van der Waals surface area contributed by atoms with Gasteiger partial charge in [0.05, 0.1) is 34.7 Å². The molecule has 3 N–H and O–H groups in total. The van der Waals surface area contributed by atoms with Gasteiger partial charge in [0.2, 0.25) is 10.0 Å². The largest absolute Gasteiger partial charge is 0.416 e. The molecule has 1 fully saturated rings. The Kier molecular flexibility index (Phi) is 9.53. The third kappa shape index (κ3) is 7.24. The monoisotopic (exact) mass is 656 g/mol. The molecule has 0 aliphatic carbocycles. The number of halogens is 3. The molecular formula is C34H39F3N4O4S. The second-order valence-electron chi connectivity index (χ2n) is 12.2. The Morgan fingerprint density at radius 3 is 2.37 bits per heavy atom. The van der Waals surface area contributed by atoms with Crippen LogP contribution in [0, 0.1) is 0 Å². The number of aliphatic hydroxyl groups excluding tert-OH is 1.